The summed E-state index contributed by atoms with van der Waals surface area (Å²) in [6.45, 7) is 2.80. The lowest BCUT2D eigenvalue weighted by atomic mass is 10.2. The minimum atomic E-state index is -0.445. The smallest absolute Gasteiger partial charge is 0.276 e. The predicted molar refractivity (Wildman–Crippen MR) is 115 cm³/mol. The number of carbonyl (C=O) groups excluding carboxylic acids is 1. The van der Waals surface area contributed by atoms with E-state index in [0.29, 0.717) is 5.56 Å². The van der Waals surface area contributed by atoms with Gasteiger partial charge in [0.25, 0.3) is 11.6 Å². The lowest BCUT2D eigenvalue weighted by molar-refractivity contribution is -0.385. The van der Waals surface area contributed by atoms with Gasteiger partial charge >= 0.3 is 0 Å². The van der Waals surface area contributed by atoms with Gasteiger partial charge in [0.05, 0.1) is 27.3 Å². The molecule has 0 saturated carbocycles. The summed E-state index contributed by atoms with van der Waals surface area (Å²) in [5, 5.41) is 15.6. The quantitative estimate of drug-likeness (QED) is 0.263. The molecule has 1 heterocycles. The minimum absolute atomic E-state index is 0.0106. The van der Waals surface area contributed by atoms with E-state index in [4.69, 9.17) is 0 Å². The first-order valence-corrected chi connectivity index (χ1v) is 9.88. The average molecular weight is 409 g/mol. The second kappa shape index (κ2) is 9.65. The minimum Gasteiger partial charge on any atom is -0.319 e. The van der Waals surface area contributed by atoms with Crippen LogP contribution >= 0.6 is 11.8 Å². The Morgan fingerprint density at radius 1 is 1.28 bits per heavy atom. The highest BCUT2D eigenvalue weighted by Crippen LogP contribution is 2.23. The molecule has 1 N–H and O–H groups in total. The van der Waals surface area contributed by atoms with Crippen molar-refractivity contribution in [1.82, 2.24) is 15.0 Å². The zero-order valence-corrected chi connectivity index (χ0v) is 16.5. The van der Waals surface area contributed by atoms with E-state index in [1.54, 1.807) is 24.3 Å². The summed E-state index contributed by atoms with van der Waals surface area (Å²) in [6.07, 6.45) is 4.47. The monoisotopic (exact) mass is 409 g/mol. The van der Waals surface area contributed by atoms with Crippen LogP contribution in [0.25, 0.3) is 17.1 Å². The Bertz CT molecular complexity index is 1090. The van der Waals surface area contributed by atoms with Gasteiger partial charge in [0, 0.05) is 18.8 Å². The number of hydrogen-bond donors (Lipinski definition) is 1. The highest BCUT2D eigenvalue weighted by molar-refractivity contribution is 7.99. The molecular weight excluding hydrogens is 390 g/mol. The van der Waals surface area contributed by atoms with Crippen LogP contribution in [0.2, 0.25) is 0 Å². The van der Waals surface area contributed by atoms with E-state index in [-0.39, 0.29) is 17.3 Å². The molecule has 29 heavy (non-hydrogen) atoms. The Hall–Kier alpha value is -3.46. The maximum absolute atomic E-state index is 12.0. The van der Waals surface area contributed by atoms with Crippen molar-refractivity contribution in [2.75, 3.05) is 5.75 Å². The fourth-order valence-corrected chi connectivity index (χ4v) is 3.60. The van der Waals surface area contributed by atoms with Gasteiger partial charge in [-0.3, -0.25) is 14.9 Å². The van der Waals surface area contributed by atoms with Crippen molar-refractivity contribution in [2.45, 2.75) is 18.6 Å². The molecule has 148 valence electrons. The highest BCUT2D eigenvalue weighted by Gasteiger charge is 2.11. The first kappa shape index (κ1) is 20.3. The van der Waals surface area contributed by atoms with Gasteiger partial charge in [0.1, 0.15) is 0 Å². The Kier molecular flexibility index (Phi) is 6.75. The molecule has 0 bridgehead atoms. The van der Waals surface area contributed by atoms with Crippen LogP contribution in [0.15, 0.2) is 64.9 Å². The molecule has 8 nitrogen and oxygen atoms in total. The molecule has 0 radical (unpaired) electrons. The van der Waals surface area contributed by atoms with E-state index in [9.17, 15) is 14.9 Å². The Labute approximate surface area is 171 Å². The molecular formula is C20H19N5O3S. The summed E-state index contributed by atoms with van der Waals surface area (Å²) in [4.78, 5) is 27.1. The molecule has 0 unspecified atom stereocenters. The lowest BCUT2D eigenvalue weighted by Gasteiger charge is -2.04. The number of hydrogen-bond acceptors (Lipinski definition) is 6. The second-order valence-electron chi connectivity index (χ2n) is 5.90. The van der Waals surface area contributed by atoms with Crippen LogP contribution in [0, 0.1) is 10.1 Å². The van der Waals surface area contributed by atoms with E-state index in [1.165, 1.54) is 30.1 Å². The standard InChI is InChI=1S/C20H19N5O3S/c1-2-24-18-12-6-4-10-16(18)22-20(24)29-14-19(26)23-21-13-7-9-15-8-3-5-11-17(15)25(27)28/h3-13H,2,14H2,1H3,(H,23,26)/b9-7-,21-13?. The number of para-hydroxylation sites is 3. The molecule has 3 rings (SSSR count). The number of aryl methyl sites for hydroxylation is 1. The molecule has 0 saturated heterocycles. The van der Waals surface area contributed by atoms with Gasteiger partial charge in [-0.1, -0.05) is 36.0 Å². The number of imidazole rings is 1. The summed E-state index contributed by atoms with van der Waals surface area (Å²) in [5.41, 5.74) is 4.84. The summed E-state index contributed by atoms with van der Waals surface area (Å²) in [7, 11) is 0. The van der Waals surface area contributed by atoms with Crippen molar-refractivity contribution in [2.24, 2.45) is 5.10 Å². The van der Waals surface area contributed by atoms with Gasteiger partial charge in [-0.05, 0) is 37.3 Å². The Morgan fingerprint density at radius 3 is 2.83 bits per heavy atom. The molecule has 1 aromatic heterocycles. The first-order chi connectivity index (χ1) is 14.1. The summed E-state index contributed by atoms with van der Waals surface area (Å²) < 4.78 is 2.06. The van der Waals surface area contributed by atoms with Crippen LogP contribution in [-0.4, -0.2) is 32.3 Å². The number of aromatic nitrogens is 2. The molecule has 3 aromatic rings. The van der Waals surface area contributed by atoms with Gasteiger partial charge in [-0.2, -0.15) is 5.10 Å². The van der Waals surface area contributed by atoms with Crippen molar-refractivity contribution in [1.29, 1.82) is 0 Å². The third-order valence-electron chi connectivity index (χ3n) is 4.03. The molecule has 0 atom stereocenters. The second-order valence-corrected chi connectivity index (χ2v) is 6.85. The van der Waals surface area contributed by atoms with Crippen LogP contribution in [0.3, 0.4) is 0 Å². The number of rotatable bonds is 8. The van der Waals surface area contributed by atoms with Gasteiger partial charge in [-0.25, -0.2) is 10.4 Å². The van der Waals surface area contributed by atoms with E-state index < -0.39 is 4.92 Å². The van der Waals surface area contributed by atoms with Gasteiger partial charge in [0.15, 0.2) is 5.16 Å². The highest BCUT2D eigenvalue weighted by atomic mass is 32.2. The van der Waals surface area contributed by atoms with Crippen molar-refractivity contribution >= 4 is 46.7 Å². The molecule has 9 heteroatoms. The number of hydrazone groups is 1. The number of allylic oxidation sites excluding steroid dienone is 1. The van der Waals surface area contributed by atoms with Crippen molar-refractivity contribution < 1.29 is 9.72 Å². The summed E-state index contributed by atoms with van der Waals surface area (Å²) >= 11 is 1.34. The number of nitro groups is 1. The fraction of sp³-hybridized carbons (Fsp3) is 0.150. The Balaban J connectivity index is 1.54. The van der Waals surface area contributed by atoms with Gasteiger partial charge in [-0.15, -0.1) is 0 Å². The van der Waals surface area contributed by atoms with E-state index >= 15 is 0 Å². The summed E-state index contributed by atoms with van der Waals surface area (Å²) in [6, 6.07) is 14.2. The molecule has 2 aromatic carbocycles. The van der Waals surface area contributed by atoms with E-state index in [2.05, 4.69) is 20.1 Å². The van der Waals surface area contributed by atoms with Crippen LogP contribution in [-0.2, 0) is 11.3 Å². The molecule has 0 aliphatic carbocycles. The SMILES string of the molecule is CCn1c(SCC(=O)NN=C/C=C\c2ccccc2[N+](=O)[O-])nc2ccccc21. The average Bonchev–Trinajstić information content (AvgIpc) is 3.09. The first-order valence-electron chi connectivity index (χ1n) is 8.90. The molecule has 0 spiro atoms. The lowest BCUT2D eigenvalue weighted by Crippen LogP contribution is -2.19. The van der Waals surface area contributed by atoms with Crippen molar-refractivity contribution in [3.8, 4) is 0 Å². The molecule has 0 aliphatic heterocycles. The predicted octanol–water partition coefficient (Wildman–Crippen LogP) is 3.87. The molecule has 0 aliphatic rings. The van der Waals surface area contributed by atoms with Crippen molar-refractivity contribution in [3.05, 3.63) is 70.3 Å². The number of thioether (sulfide) groups is 1. The zero-order chi connectivity index (χ0) is 20.6. The summed E-state index contributed by atoms with van der Waals surface area (Å²) in [5.74, 6) is -0.0887. The largest absolute Gasteiger partial charge is 0.319 e. The van der Waals surface area contributed by atoms with Crippen LogP contribution in [0.4, 0.5) is 5.69 Å². The van der Waals surface area contributed by atoms with E-state index in [1.807, 2.05) is 31.2 Å². The third kappa shape index (κ3) is 5.08. The number of carbonyl (C=O) groups is 1. The zero-order valence-electron chi connectivity index (χ0n) is 15.7. The normalized spacial score (nSPS) is 11.5. The van der Waals surface area contributed by atoms with Gasteiger partial charge in [0.2, 0.25) is 0 Å². The maximum atomic E-state index is 12.0. The Morgan fingerprint density at radius 2 is 2.03 bits per heavy atom. The number of amides is 1. The van der Waals surface area contributed by atoms with E-state index in [0.717, 1.165) is 22.7 Å². The van der Waals surface area contributed by atoms with Gasteiger partial charge < -0.3 is 4.57 Å². The number of fused-ring (bicyclic) bond motifs is 1. The molecule has 1 amide bonds. The number of nitrogens with one attached hydrogen (secondary N) is 1. The third-order valence-corrected chi connectivity index (χ3v) is 5.00. The van der Waals surface area contributed by atoms with Crippen molar-refractivity contribution in [3.63, 3.8) is 0 Å². The van der Waals surface area contributed by atoms with Crippen LogP contribution in [0.5, 0.6) is 0 Å². The topological polar surface area (TPSA) is 102 Å². The fourth-order valence-electron chi connectivity index (χ4n) is 2.73. The number of benzene rings is 2. The number of nitrogens with zero attached hydrogens (tertiary/aromatic N) is 4. The number of nitro benzene ring substituents is 1. The maximum Gasteiger partial charge on any atom is 0.276 e. The van der Waals surface area contributed by atoms with Crippen LogP contribution < -0.4 is 5.43 Å². The molecule has 0 fully saturated rings. The van der Waals surface area contributed by atoms with Crippen LogP contribution in [0.1, 0.15) is 12.5 Å².